The minimum atomic E-state index is -0.559. The van der Waals surface area contributed by atoms with Gasteiger partial charge in [0.25, 0.3) is 5.91 Å². The van der Waals surface area contributed by atoms with Crippen molar-refractivity contribution in [1.29, 1.82) is 0 Å². The number of carbonyl (C=O) groups excluding carboxylic acids is 2. The summed E-state index contributed by atoms with van der Waals surface area (Å²) in [5, 5.41) is 3.09. The van der Waals surface area contributed by atoms with Crippen molar-refractivity contribution in [2.24, 2.45) is 0 Å². The fourth-order valence-corrected chi connectivity index (χ4v) is 3.26. The van der Waals surface area contributed by atoms with Gasteiger partial charge in [-0.25, -0.2) is 4.79 Å². The molecule has 1 heterocycles. The van der Waals surface area contributed by atoms with Crippen molar-refractivity contribution in [2.75, 3.05) is 12.4 Å². The molecule has 1 aromatic carbocycles. The van der Waals surface area contributed by atoms with Crippen LogP contribution in [0.15, 0.2) is 28.1 Å². The monoisotopic (exact) mass is 387 g/mol. The Bertz CT molecular complexity index is 695. The van der Waals surface area contributed by atoms with Gasteiger partial charge in [0, 0.05) is 5.02 Å². The molecule has 21 heavy (non-hydrogen) atoms. The first-order valence-electron chi connectivity index (χ1n) is 5.87. The Labute approximate surface area is 139 Å². The van der Waals surface area contributed by atoms with Gasteiger partial charge in [-0.2, -0.15) is 0 Å². The lowest BCUT2D eigenvalue weighted by Gasteiger charge is -2.09. The summed E-state index contributed by atoms with van der Waals surface area (Å²) < 4.78 is 5.59. The van der Waals surface area contributed by atoms with Crippen molar-refractivity contribution >= 4 is 56.4 Å². The van der Waals surface area contributed by atoms with Gasteiger partial charge in [-0.3, -0.25) is 4.79 Å². The molecule has 1 aromatic heterocycles. The van der Waals surface area contributed by atoms with Crippen LogP contribution in [-0.2, 0) is 4.74 Å². The maximum absolute atomic E-state index is 12.2. The summed E-state index contributed by atoms with van der Waals surface area (Å²) in [6.45, 7) is 1.90. The predicted octanol–water partition coefficient (Wildman–Crippen LogP) is 4.51. The van der Waals surface area contributed by atoms with E-state index < -0.39 is 5.97 Å². The minimum absolute atomic E-state index is 0.214. The Morgan fingerprint density at radius 3 is 2.62 bits per heavy atom. The van der Waals surface area contributed by atoms with Gasteiger partial charge in [0.15, 0.2) is 0 Å². The highest BCUT2D eigenvalue weighted by Gasteiger charge is 2.17. The molecule has 0 fully saturated rings. The van der Waals surface area contributed by atoms with Crippen LogP contribution in [0.2, 0.25) is 5.02 Å². The van der Waals surface area contributed by atoms with E-state index in [1.807, 2.05) is 6.92 Å². The average molecular weight is 389 g/mol. The molecule has 0 aliphatic rings. The quantitative estimate of drug-likeness (QED) is 0.787. The number of nitrogens with one attached hydrogen (secondary N) is 1. The number of esters is 1. The molecule has 0 atom stereocenters. The molecule has 0 radical (unpaired) electrons. The maximum atomic E-state index is 12.2. The van der Waals surface area contributed by atoms with Gasteiger partial charge in [-0.05, 0) is 52.7 Å². The fourth-order valence-electron chi connectivity index (χ4n) is 1.66. The van der Waals surface area contributed by atoms with Gasteiger partial charge in [-0.1, -0.05) is 11.6 Å². The Morgan fingerprint density at radius 2 is 2.05 bits per heavy atom. The molecule has 4 nitrogen and oxygen atoms in total. The van der Waals surface area contributed by atoms with Gasteiger partial charge in [0.05, 0.1) is 27.0 Å². The lowest BCUT2D eigenvalue weighted by Crippen LogP contribution is -2.14. The van der Waals surface area contributed by atoms with E-state index in [0.717, 1.165) is 9.35 Å². The summed E-state index contributed by atoms with van der Waals surface area (Å²) >= 11 is 10.6. The Morgan fingerprint density at radius 1 is 1.33 bits per heavy atom. The third-order valence-electron chi connectivity index (χ3n) is 2.72. The van der Waals surface area contributed by atoms with E-state index in [0.29, 0.717) is 15.6 Å². The normalized spacial score (nSPS) is 10.3. The van der Waals surface area contributed by atoms with Crippen LogP contribution in [0.5, 0.6) is 0 Å². The molecule has 1 N–H and O–H groups in total. The number of hydrogen-bond donors (Lipinski definition) is 1. The average Bonchev–Trinajstić information content (AvgIpc) is 2.80. The van der Waals surface area contributed by atoms with Crippen molar-refractivity contribution in [3.8, 4) is 0 Å². The van der Waals surface area contributed by atoms with Crippen LogP contribution in [0.1, 0.15) is 25.6 Å². The number of ether oxygens (including phenoxy) is 1. The number of anilines is 1. The second-order valence-corrected chi connectivity index (χ2v) is 7.01. The molecule has 7 heteroatoms. The summed E-state index contributed by atoms with van der Waals surface area (Å²) in [6, 6.07) is 6.40. The molecule has 0 aliphatic heterocycles. The molecule has 0 saturated heterocycles. The molecule has 1 amide bonds. The molecule has 0 saturated carbocycles. The highest BCUT2D eigenvalue weighted by atomic mass is 79.9. The number of hydrogen-bond acceptors (Lipinski definition) is 4. The number of carbonyl (C=O) groups is 2. The van der Waals surface area contributed by atoms with Crippen molar-refractivity contribution < 1.29 is 14.3 Å². The van der Waals surface area contributed by atoms with E-state index in [2.05, 4.69) is 26.0 Å². The number of methoxy groups -OCH3 is 1. The molecule has 2 aromatic rings. The van der Waals surface area contributed by atoms with Crippen molar-refractivity contribution in [1.82, 2.24) is 0 Å². The van der Waals surface area contributed by atoms with Gasteiger partial charge in [-0.15, -0.1) is 11.3 Å². The number of benzene rings is 1. The summed E-state index contributed by atoms with van der Waals surface area (Å²) in [7, 11) is 1.27. The highest BCUT2D eigenvalue weighted by Crippen LogP contribution is 2.29. The maximum Gasteiger partial charge on any atom is 0.340 e. The molecule has 0 aliphatic carbocycles. The molecular formula is C14H11BrClNO3S. The number of halogens is 2. The lowest BCUT2D eigenvalue weighted by molar-refractivity contribution is 0.0602. The highest BCUT2D eigenvalue weighted by molar-refractivity contribution is 9.11. The third-order valence-corrected chi connectivity index (χ3v) is 5.09. The molecule has 0 bridgehead atoms. The van der Waals surface area contributed by atoms with Crippen LogP contribution in [-0.4, -0.2) is 19.0 Å². The smallest absolute Gasteiger partial charge is 0.340 e. The van der Waals surface area contributed by atoms with Crippen LogP contribution in [0, 0.1) is 6.92 Å². The van der Waals surface area contributed by atoms with Crippen LogP contribution >= 0.6 is 38.9 Å². The first kappa shape index (κ1) is 16.0. The van der Waals surface area contributed by atoms with E-state index in [-0.39, 0.29) is 11.5 Å². The zero-order valence-corrected chi connectivity index (χ0v) is 14.4. The van der Waals surface area contributed by atoms with Gasteiger partial charge >= 0.3 is 5.97 Å². The summed E-state index contributed by atoms with van der Waals surface area (Å²) in [5.41, 5.74) is 1.55. The predicted molar refractivity (Wildman–Crippen MR) is 87.5 cm³/mol. The van der Waals surface area contributed by atoms with Crippen LogP contribution < -0.4 is 5.32 Å². The Kier molecular flexibility index (Phi) is 5.03. The van der Waals surface area contributed by atoms with Crippen molar-refractivity contribution in [2.45, 2.75) is 6.92 Å². The summed E-state index contributed by atoms with van der Waals surface area (Å²) in [4.78, 5) is 24.5. The molecule has 0 unspecified atom stereocenters. The first-order valence-corrected chi connectivity index (χ1v) is 7.86. The Balaban J connectivity index is 2.30. The number of aryl methyl sites for hydroxylation is 1. The van der Waals surface area contributed by atoms with Crippen molar-refractivity contribution in [3.05, 3.63) is 49.1 Å². The van der Waals surface area contributed by atoms with E-state index in [1.165, 1.54) is 24.5 Å². The standard InChI is InChI=1S/C14H11BrClNO3S/c1-7-5-11(21-12(7)15)13(18)17-10-4-3-8(16)6-9(10)14(19)20-2/h3-6H,1-2H3,(H,17,18). The van der Waals surface area contributed by atoms with E-state index in [4.69, 9.17) is 11.6 Å². The van der Waals surface area contributed by atoms with Crippen LogP contribution in [0.25, 0.3) is 0 Å². The Hall–Kier alpha value is -1.37. The van der Waals surface area contributed by atoms with E-state index in [1.54, 1.807) is 18.2 Å². The number of thiophene rings is 1. The molecule has 0 spiro atoms. The second-order valence-electron chi connectivity index (χ2n) is 4.20. The lowest BCUT2D eigenvalue weighted by atomic mass is 10.1. The van der Waals surface area contributed by atoms with Gasteiger partial charge in [0.1, 0.15) is 0 Å². The summed E-state index contributed by atoms with van der Waals surface area (Å²) in [5.74, 6) is -0.849. The second kappa shape index (κ2) is 6.60. The largest absolute Gasteiger partial charge is 0.465 e. The van der Waals surface area contributed by atoms with Crippen LogP contribution in [0.4, 0.5) is 5.69 Å². The van der Waals surface area contributed by atoms with E-state index >= 15 is 0 Å². The topological polar surface area (TPSA) is 55.4 Å². The number of amides is 1. The van der Waals surface area contributed by atoms with Gasteiger partial charge < -0.3 is 10.1 Å². The van der Waals surface area contributed by atoms with Crippen molar-refractivity contribution in [3.63, 3.8) is 0 Å². The summed E-state index contributed by atoms with van der Waals surface area (Å²) in [6.07, 6.45) is 0. The fraction of sp³-hybridized carbons (Fsp3) is 0.143. The zero-order valence-electron chi connectivity index (χ0n) is 11.2. The van der Waals surface area contributed by atoms with E-state index in [9.17, 15) is 9.59 Å². The van der Waals surface area contributed by atoms with Gasteiger partial charge in [0.2, 0.25) is 0 Å². The minimum Gasteiger partial charge on any atom is -0.465 e. The zero-order chi connectivity index (χ0) is 15.6. The SMILES string of the molecule is COC(=O)c1cc(Cl)ccc1NC(=O)c1cc(C)c(Br)s1. The van der Waals surface area contributed by atoms with Crippen LogP contribution in [0.3, 0.4) is 0 Å². The third kappa shape index (κ3) is 3.64. The number of rotatable bonds is 3. The molecular weight excluding hydrogens is 378 g/mol. The first-order chi connectivity index (χ1) is 9.92. The molecule has 110 valence electrons. The molecule has 2 rings (SSSR count).